The first kappa shape index (κ1) is 27.6. The quantitative estimate of drug-likeness (QED) is 0.160. The first-order valence-electron chi connectivity index (χ1n) is 12.5. The highest BCUT2D eigenvalue weighted by molar-refractivity contribution is 8.26. The zero-order valence-corrected chi connectivity index (χ0v) is 23.6. The SMILES string of the molecule is O=C(O)CCCN1C(=O)/C(=C/c2cn(-c3ccccc3)nc2-c2cccc(OCc3ccccc3Cl)c2)SC1=S. The first-order chi connectivity index (χ1) is 19.4. The standard InChI is InChI=1S/C30H24ClN3O4S2/c31-25-13-5-4-8-21(25)19-38-24-12-6-9-20(16-24)28-22(18-34(32-28)23-10-2-1-3-11-23)17-26-29(37)33(30(39)40-26)15-7-14-27(35)36/h1-6,8-13,16-18H,7,14-15,19H2,(H,35,36)/b26-17-. The molecule has 1 aliphatic rings. The van der Waals surface area contributed by atoms with Crippen molar-refractivity contribution < 1.29 is 19.4 Å². The predicted octanol–water partition coefficient (Wildman–Crippen LogP) is 6.84. The number of hydrogen-bond acceptors (Lipinski definition) is 6. The average Bonchev–Trinajstić information content (AvgIpc) is 3.49. The smallest absolute Gasteiger partial charge is 0.303 e. The summed E-state index contributed by atoms with van der Waals surface area (Å²) in [6.45, 7) is 0.577. The van der Waals surface area contributed by atoms with Crippen LogP contribution in [0.4, 0.5) is 0 Å². The van der Waals surface area contributed by atoms with E-state index in [0.717, 1.165) is 22.4 Å². The minimum absolute atomic E-state index is 0.0288. The summed E-state index contributed by atoms with van der Waals surface area (Å²) in [6, 6.07) is 24.8. The van der Waals surface area contributed by atoms with Gasteiger partial charge in [0, 0.05) is 40.9 Å². The third-order valence-electron chi connectivity index (χ3n) is 6.16. The zero-order chi connectivity index (χ0) is 28.1. The number of aliphatic carboxylic acids is 1. The van der Waals surface area contributed by atoms with E-state index in [-0.39, 0.29) is 18.9 Å². The van der Waals surface area contributed by atoms with Crippen LogP contribution in [0, 0.1) is 0 Å². The normalized spacial score (nSPS) is 14.2. The van der Waals surface area contributed by atoms with Crippen molar-refractivity contribution in [3.05, 3.63) is 106 Å². The molecule has 0 atom stereocenters. The van der Waals surface area contributed by atoms with Gasteiger partial charge in [-0.2, -0.15) is 5.10 Å². The van der Waals surface area contributed by atoms with E-state index in [4.69, 9.17) is 38.8 Å². The summed E-state index contributed by atoms with van der Waals surface area (Å²) in [5.74, 6) is -0.491. The Morgan fingerprint density at radius 2 is 1.85 bits per heavy atom. The fourth-order valence-corrected chi connectivity index (χ4v) is 5.65. The predicted molar refractivity (Wildman–Crippen MR) is 162 cm³/mol. The highest BCUT2D eigenvalue weighted by Crippen LogP contribution is 2.35. The van der Waals surface area contributed by atoms with Crippen molar-refractivity contribution in [1.82, 2.24) is 14.7 Å². The molecule has 40 heavy (non-hydrogen) atoms. The number of amides is 1. The van der Waals surface area contributed by atoms with E-state index in [9.17, 15) is 9.59 Å². The lowest BCUT2D eigenvalue weighted by Gasteiger charge is -2.13. The molecule has 0 bridgehead atoms. The third-order valence-corrected chi connectivity index (χ3v) is 7.90. The number of aromatic nitrogens is 2. The molecule has 0 aliphatic carbocycles. The number of halogens is 1. The topological polar surface area (TPSA) is 84.7 Å². The van der Waals surface area contributed by atoms with Crippen molar-refractivity contribution in [3.8, 4) is 22.7 Å². The molecule has 0 saturated carbocycles. The van der Waals surface area contributed by atoms with Gasteiger partial charge in [0.1, 0.15) is 22.4 Å². The zero-order valence-electron chi connectivity index (χ0n) is 21.2. The Morgan fingerprint density at radius 1 is 1.07 bits per heavy atom. The average molecular weight is 590 g/mol. The van der Waals surface area contributed by atoms with Crippen LogP contribution in [0.25, 0.3) is 23.0 Å². The summed E-state index contributed by atoms with van der Waals surface area (Å²) in [4.78, 5) is 26.0. The number of carbonyl (C=O) groups excluding carboxylic acids is 1. The second kappa shape index (κ2) is 12.5. The highest BCUT2D eigenvalue weighted by Gasteiger charge is 2.32. The van der Waals surface area contributed by atoms with Gasteiger partial charge in [-0.25, -0.2) is 4.68 Å². The summed E-state index contributed by atoms with van der Waals surface area (Å²) in [5.41, 5.74) is 3.97. The van der Waals surface area contributed by atoms with Gasteiger partial charge in [-0.15, -0.1) is 0 Å². The molecule has 4 aromatic rings. The van der Waals surface area contributed by atoms with Crippen LogP contribution in [-0.4, -0.2) is 42.5 Å². The summed E-state index contributed by atoms with van der Waals surface area (Å²) in [5, 5.41) is 14.5. The van der Waals surface area contributed by atoms with E-state index in [1.165, 1.54) is 16.7 Å². The van der Waals surface area contributed by atoms with Gasteiger partial charge in [0.2, 0.25) is 0 Å². The van der Waals surface area contributed by atoms with Crippen LogP contribution in [0.15, 0.2) is 90.0 Å². The minimum atomic E-state index is -0.906. The van der Waals surface area contributed by atoms with E-state index in [0.29, 0.717) is 38.7 Å². The molecular weight excluding hydrogens is 566 g/mol. The Hall–Kier alpha value is -3.92. The Bertz CT molecular complexity index is 1600. The largest absolute Gasteiger partial charge is 0.489 e. The number of carbonyl (C=O) groups is 2. The minimum Gasteiger partial charge on any atom is -0.489 e. The molecule has 7 nitrogen and oxygen atoms in total. The van der Waals surface area contributed by atoms with E-state index < -0.39 is 5.97 Å². The number of thiocarbonyl (C=S) groups is 1. The molecule has 1 saturated heterocycles. The number of para-hydroxylation sites is 1. The van der Waals surface area contributed by atoms with Crippen LogP contribution in [0.5, 0.6) is 5.75 Å². The lowest BCUT2D eigenvalue weighted by molar-refractivity contribution is -0.137. The lowest BCUT2D eigenvalue weighted by Crippen LogP contribution is -2.29. The monoisotopic (exact) mass is 589 g/mol. The van der Waals surface area contributed by atoms with E-state index in [1.807, 2.05) is 85.1 Å². The lowest BCUT2D eigenvalue weighted by atomic mass is 10.1. The van der Waals surface area contributed by atoms with E-state index in [1.54, 1.807) is 10.8 Å². The number of nitrogens with zero attached hydrogens (tertiary/aromatic N) is 3. The summed E-state index contributed by atoms with van der Waals surface area (Å²) in [6.07, 6.45) is 3.96. The third kappa shape index (κ3) is 6.44. The van der Waals surface area contributed by atoms with Gasteiger partial charge in [0.25, 0.3) is 5.91 Å². The Kier molecular flexibility index (Phi) is 8.64. The van der Waals surface area contributed by atoms with E-state index in [2.05, 4.69) is 0 Å². The number of carboxylic acid groups (broad SMARTS) is 1. The number of ether oxygens (including phenoxy) is 1. The Balaban J connectivity index is 1.46. The molecule has 0 unspecified atom stereocenters. The second-order valence-corrected chi connectivity index (χ2v) is 11.0. The maximum absolute atomic E-state index is 13.2. The van der Waals surface area contributed by atoms with Crippen molar-refractivity contribution in [2.75, 3.05) is 6.54 Å². The van der Waals surface area contributed by atoms with Crippen molar-refractivity contribution in [2.45, 2.75) is 19.4 Å². The van der Waals surface area contributed by atoms with Crippen LogP contribution < -0.4 is 4.74 Å². The summed E-state index contributed by atoms with van der Waals surface area (Å²) < 4.78 is 8.22. The molecule has 0 spiro atoms. The van der Waals surface area contributed by atoms with Crippen LogP contribution in [0.3, 0.4) is 0 Å². The van der Waals surface area contributed by atoms with Gasteiger partial charge < -0.3 is 9.84 Å². The molecule has 1 fully saturated rings. The van der Waals surface area contributed by atoms with Crippen molar-refractivity contribution in [1.29, 1.82) is 0 Å². The highest BCUT2D eigenvalue weighted by atomic mass is 35.5. The van der Waals surface area contributed by atoms with Crippen LogP contribution in [-0.2, 0) is 16.2 Å². The fourth-order valence-electron chi connectivity index (χ4n) is 4.16. The Morgan fingerprint density at radius 3 is 2.62 bits per heavy atom. The number of benzene rings is 3. The Labute approximate surface area is 246 Å². The van der Waals surface area contributed by atoms with Gasteiger partial charge in [-0.1, -0.05) is 84.1 Å². The van der Waals surface area contributed by atoms with Gasteiger partial charge >= 0.3 is 5.97 Å². The molecule has 3 aromatic carbocycles. The van der Waals surface area contributed by atoms with Crippen molar-refractivity contribution in [3.63, 3.8) is 0 Å². The van der Waals surface area contributed by atoms with Gasteiger partial charge in [0.05, 0.1) is 10.6 Å². The molecule has 1 aliphatic heterocycles. The molecule has 1 N–H and O–H groups in total. The maximum Gasteiger partial charge on any atom is 0.303 e. The molecular formula is C30H24ClN3O4S2. The molecule has 202 valence electrons. The molecule has 1 aromatic heterocycles. The van der Waals surface area contributed by atoms with Crippen molar-refractivity contribution in [2.24, 2.45) is 0 Å². The van der Waals surface area contributed by atoms with Crippen LogP contribution in [0.2, 0.25) is 5.02 Å². The number of rotatable bonds is 10. The summed E-state index contributed by atoms with van der Waals surface area (Å²) in [7, 11) is 0. The molecule has 1 amide bonds. The maximum atomic E-state index is 13.2. The first-order valence-corrected chi connectivity index (χ1v) is 14.1. The summed E-state index contributed by atoms with van der Waals surface area (Å²) >= 11 is 12.9. The molecule has 10 heteroatoms. The molecule has 0 radical (unpaired) electrons. The number of carboxylic acids is 1. The van der Waals surface area contributed by atoms with Crippen LogP contribution >= 0.6 is 35.6 Å². The van der Waals surface area contributed by atoms with Crippen molar-refractivity contribution >= 4 is 57.9 Å². The van der Waals surface area contributed by atoms with Gasteiger partial charge in [0.15, 0.2) is 0 Å². The molecule has 2 heterocycles. The second-order valence-electron chi connectivity index (χ2n) is 8.95. The number of thioether (sulfide) groups is 1. The van der Waals surface area contributed by atoms with E-state index >= 15 is 0 Å². The van der Waals surface area contributed by atoms with Crippen LogP contribution in [0.1, 0.15) is 24.0 Å². The number of hydrogen-bond donors (Lipinski definition) is 1. The van der Waals surface area contributed by atoms with Gasteiger partial charge in [-0.3, -0.25) is 14.5 Å². The molecule has 5 rings (SSSR count). The fraction of sp³-hybridized carbons (Fsp3) is 0.133. The van der Waals surface area contributed by atoms with Gasteiger partial charge in [-0.05, 0) is 42.8 Å².